The molecule has 6 rings (SSSR count). The highest BCUT2D eigenvalue weighted by atomic mass is 31.2. The van der Waals surface area contributed by atoms with Crippen LogP contribution in [0.5, 0.6) is 0 Å². The van der Waals surface area contributed by atoms with E-state index in [1.165, 1.54) is 40.9 Å². The van der Waals surface area contributed by atoms with E-state index in [0.717, 1.165) is 5.56 Å². The maximum absolute atomic E-state index is 14.2. The lowest BCUT2D eigenvalue weighted by atomic mass is 9.92. The number of aryl methyl sites for hydroxylation is 1. The van der Waals surface area contributed by atoms with Crippen LogP contribution in [0, 0.1) is 12.3 Å². The van der Waals surface area contributed by atoms with E-state index < -0.39 is 251 Å². The van der Waals surface area contributed by atoms with Gasteiger partial charge in [0.25, 0.3) is 0 Å². The fraction of sp³-hybridized carbons (Fsp3) is 0.875. The van der Waals surface area contributed by atoms with Crippen LogP contribution in [-0.2, 0) is 125 Å². The highest BCUT2D eigenvalue weighted by Gasteiger charge is 2.50. The molecule has 0 radical (unpaired) electrons. The Morgan fingerprint density at radius 3 is 1.14 bits per heavy atom. The van der Waals surface area contributed by atoms with E-state index in [9.17, 15) is 108 Å². The van der Waals surface area contributed by atoms with Crippen molar-refractivity contribution in [3.8, 4) is 0 Å². The van der Waals surface area contributed by atoms with Crippen molar-refractivity contribution in [2.24, 2.45) is 5.41 Å². The molecule has 4 saturated heterocycles. The first-order chi connectivity index (χ1) is 58.3. The Balaban J connectivity index is 0.0000273. The SMILES string of the molecule is C.CC(=O)N[C@H]1C(O)[C@@H](O)C(CO)O[C@H]1OCCCCCCOP(=O)(O)OCCCOCC(COCCCOP(=O)(O)OCCCCCCO[C@@H]1OC(CO)[C@H](O)C(O)[C@@H]1NC(C)=O)(COCCCOP(=O)(O)OCCCCCCO[C@@H]1OC(CO)[C@H](O)C(O)[C@@H]1NC(C)=O)COP(=O)(O)OC[C@H]1O[C@@H](n2cnc3c(C)ccnc32)CC1OP(=O)(O)C(C)C. The van der Waals surface area contributed by atoms with Gasteiger partial charge in [0.2, 0.25) is 17.7 Å². The highest BCUT2D eigenvalue weighted by molar-refractivity contribution is 7.53. The number of phosphoric acid groups is 4. The zero-order valence-corrected chi connectivity index (χ0v) is 74.5. The Kier molecular flexibility index (Phi) is 50.3. The number of fused-ring (bicyclic) bond motifs is 1. The number of carbonyl (C=O) groups excluding carboxylic acids is 3. The number of rotatable bonds is 64. The zero-order valence-electron chi connectivity index (χ0n) is 70.0. The number of phosphoric ester groups is 4. The summed E-state index contributed by atoms with van der Waals surface area (Å²) in [4.78, 5) is 98.4. The minimum atomic E-state index is -5.26. The fourth-order valence-corrected chi connectivity index (χ4v) is 17.1. The summed E-state index contributed by atoms with van der Waals surface area (Å²) in [6, 6.07) is -1.62. The molecule has 4 aliphatic heterocycles. The summed E-state index contributed by atoms with van der Waals surface area (Å²) in [5.74, 6) is -1.55. The summed E-state index contributed by atoms with van der Waals surface area (Å²) in [5.41, 5.74) is -0.779. The van der Waals surface area contributed by atoms with Crippen LogP contribution in [0.15, 0.2) is 18.6 Å². The summed E-state index contributed by atoms with van der Waals surface area (Å²) >= 11 is 0. The molecule has 3 amide bonds. The first kappa shape index (κ1) is 111. The van der Waals surface area contributed by atoms with Gasteiger partial charge in [0.15, 0.2) is 24.5 Å². The van der Waals surface area contributed by atoms with Crippen LogP contribution in [0.2, 0.25) is 0 Å². The molecule has 0 aliphatic carbocycles. The first-order valence-electron chi connectivity index (χ1n) is 41.0. The number of hydrogen-bond donors (Lipinski definition) is 17. The third-order valence-electron chi connectivity index (χ3n) is 19.8. The number of unbranched alkanes of at least 4 members (excludes halogenated alkanes) is 9. The molecule has 0 saturated carbocycles. The summed E-state index contributed by atoms with van der Waals surface area (Å²) < 4.78 is 175. The highest BCUT2D eigenvalue weighted by Crippen LogP contribution is 2.53. The predicted molar refractivity (Wildman–Crippen MR) is 432 cm³/mol. The molecule has 722 valence electrons. The number of aromatic nitrogens is 3. The number of amides is 3. The number of aliphatic hydroxyl groups is 9. The minimum Gasteiger partial charge on any atom is -0.394 e. The lowest BCUT2D eigenvalue weighted by Crippen LogP contribution is -2.64. The van der Waals surface area contributed by atoms with E-state index in [2.05, 4.69) is 25.9 Å². The Bertz CT molecular complexity index is 3430. The third kappa shape index (κ3) is 38.6. The van der Waals surface area contributed by atoms with Gasteiger partial charge >= 0.3 is 38.9 Å². The molecule has 124 heavy (non-hydrogen) atoms. The quantitative estimate of drug-likeness (QED) is 0.0332. The van der Waals surface area contributed by atoms with E-state index in [1.807, 2.05) is 6.92 Å². The fourth-order valence-electron chi connectivity index (χ4n) is 13.0. The normalized spacial score (nSPS) is 28.5. The number of nitrogens with one attached hydrogen (secondary N) is 3. The third-order valence-corrected chi connectivity index (χ3v) is 25.7. The number of pyridine rings is 1. The molecule has 6 heterocycles. The van der Waals surface area contributed by atoms with Crippen LogP contribution in [0.1, 0.15) is 157 Å². The van der Waals surface area contributed by atoms with E-state index in [4.69, 9.17) is 88.1 Å². The van der Waals surface area contributed by atoms with Gasteiger partial charge in [-0.2, -0.15) is 0 Å². The molecule has 2 aromatic rings. The van der Waals surface area contributed by atoms with Crippen LogP contribution in [-0.4, -0.2) is 345 Å². The molecule has 12 unspecified atom stereocenters. The molecule has 17 N–H and O–H groups in total. The Morgan fingerprint density at radius 2 is 0.798 bits per heavy atom. The molecule has 23 atom stereocenters. The van der Waals surface area contributed by atoms with Gasteiger partial charge in [-0.1, -0.05) is 59.8 Å². The van der Waals surface area contributed by atoms with Crippen LogP contribution in [0.25, 0.3) is 11.2 Å². The Hall–Kier alpha value is -3.14. The number of hydrogen-bond acceptors (Lipinski definition) is 38. The number of aliphatic hydroxyl groups excluding tert-OH is 9. The Labute approximate surface area is 720 Å². The van der Waals surface area contributed by atoms with Gasteiger partial charge in [0, 0.05) is 73.0 Å². The van der Waals surface area contributed by atoms with Gasteiger partial charge < -0.3 is 138 Å². The van der Waals surface area contributed by atoms with Crippen LogP contribution in [0.4, 0.5) is 0 Å². The lowest BCUT2D eigenvalue weighted by Gasteiger charge is -2.42. The van der Waals surface area contributed by atoms with Crippen molar-refractivity contribution in [1.82, 2.24) is 30.5 Å². The molecule has 0 aromatic carbocycles. The van der Waals surface area contributed by atoms with Crippen molar-refractivity contribution in [3.63, 3.8) is 0 Å². The second-order valence-electron chi connectivity index (χ2n) is 30.4. The van der Waals surface area contributed by atoms with E-state index in [1.54, 1.807) is 16.8 Å². The number of ether oxygens (including phenoxy) is 10. The van der Waals surface area contributed by atoms with Crippen molar-refractivity contribution in [2.75, 3.05) is 132 Å². The van der Waals surface area contributed by atoms with Crippen molar-refractivity contribution < 1.29 is 196 Å². The van der Waals surface area contributed by atoms with E-state index in [-0.39, 0.29) is 92.6 Å². The lowest BCUT2D eigenvalue weighted by molar-refractivity contribution is -0.270. The monoisotopic (exact) mass is 1890 g/mol. The number of nitrogens with zero attached hydrogens (tertiary/aromatic N) is 3. The number of carbonyl (C=O) groups is 3. The van der Waals surface area contributed by atoms with Gasteiger partial charge in [-0.25, -0.2) is 28.2 Å². The molecule has 2 aromatic heterocycles. The predicted octanol–water partition coefficient (Wildman–Crippen LogP) is 1.95. The van der Waals surface area contributed by atoms with Gasteiger partial charge in [0.05, 0.1) is 116 Å². The largest absolute Gasteiger partial charge is 0.472 e. The molecule has 0 spiro atoms. The summed E-state index contributed by atoms with van der Waals surface area (Å²) in [6.07, 6.45) is -11.4. The number of imidazole rings is 1. The summed E-state index contributed by atoms with van der Waals surface area (Å²) in [7, 11) is -23.5. The summed E-state index contributed by atoms with van der Waals surface area (Å²) in [6.45, 7) is 1.39. The van der Waals surface area contributed by atoms with Crippen molar-refractivity contribution in [1.29, 1.82) is 0 Å². The molecule has 0 bridgehead atoms. The van der Waals surface area contributed by atoms with Crippen molar-refractivity contribution in [2.45, 2.75) is 268 Å². The maximum Gasteiger partial charge on any atom is 0.472 e. The molecule has 47 nitrogen and oxygen atoms in total. The molecule has 4 fully saturated rings. The first-order valence-corrected chi connectivity index (χ1v) is 48.6. The zero-order chi connectivity index (χ0) is 90.6. The van der Waals surface area contributed by atoms with Crippen LogP contribution < -0.4 is 16.0 Å². The van der Waals surface area contributed by atoms with Crippen molar-refractivity contribution >= 4 is 67.8 Å². The van der Waals surface area contributed by atoms with Crippen LogP contribution in [0.3, 0.4) is 0 Å². The average molecular weight is 1890 g/mol. The standard InChI is InChI=1S/C71H129N6O41P5.CH4/c1-46(2)119(90,91)118-51-36-56(77-45-73-57-47(3)22-23-72-67(57)77)114-55(51)40-112-123(98,99)113-44-71(41-100-24-19-33-109-120(92,93)106-30-16-10-7-13-27-103-68-58(74-48(4)81)64(87)61(84)52(37-78)115-68,42-101-25-20-34-110-121(94,95)107-31-17-11-8-14-28-104-69-59(75-49(5)82)65(88)62(85)53(38-79)116-69)43-102-26-21-35-111-122(96,97)108-32-18-12-9-15-29-105-70-60(76-50(6)83)66(89)63(86)54(39-80)117-70;/h22-23,45-46,51-56,58-66,68-70,78-80,84-89H,7-21,24-44H2,1-6H3,(H,74,81)(H,75,82)(H,76,83)(H,90,91)(H,92,93)(H,94,95)(H,96,97)(H,98,99);1H4/t51?,52?,53?,54?,55-,56-,58+,59+,60+,61+,62+,63+,64?,65?,66?,68-,69-,70-,71?;/m1./s1. The molecule has 4 aliphatic rings. The minimum absolute atomic E-state index is 0. The van der Waals surface area contributed by atoms with Gasteiger partial charge in [-0.3, -0.25) is 59.7 Å². The second-order valence-corrected chi connectivity index (χ2v) is 38.6. The van der Waals surface area contributed by atoms with Crippen molar-refractivity contribution in [3.05, 3.63) is 24.2 Å². The van der Waals surface area contributed by atoms with Gasteiger partial charge in [-0.15, -0.1) is 0 Å². The van der Waals surface area contributed by atoms with E-state index >= 15 is 0 Å². The molecule has 52 heteroatoms. The molecular formula is C72H133N6O41P5. The second kappa shape index (κ2) is 56.0. The van der Waals surface area contributed by atoms with Gasteiger partial charge in [0.1, 0.15) is 90.9 Å². The van der Waals surface area contributed by atoms with Gasteiger partial charge in [-0.05, 0) is 76.3 Å². The van der Waals surface area contributed by atoms with E-state index in [0.29, 0.717) is 88.2 Å². The topological polar surface area (TPSA) is 662 Å². The smallest absolute Gasteiger partial charge is 0.394 e. The molecular weight excluding hydrogens is 1760 g/mol. The Morgan fingerprint density at radius 1 is 0.460 bits per heavy atom. The maximum atomic E-state index is 14.2. The summed E-state index contributed by atoms with van der Waals surface area (Å²) in [5, 5.41) is 98.8. The van der Waals surface area contributed by atoms with Crippen LogP contribution >= 0.6 is 38.9 Å². The average Bonchev–Trinajstić information content (AvgIpc) is 1.48.